The fraction of sp³-hybridized carbons (Fsp3) is 0.407. The van der Waals surface area contributed by atoms with E-state index in [9.17, 15) is 0 Å². The van der Waals surface area contributed by atoms with Crippen molar-refractivity contribution < 1.29 is 0 Å². The summed E-state index contributed by atoms with van der Waals surface area (Å²) in [5.74, 6) is 0. The van der Waals surface area contributed by atoms with Crippen LogP contribution >= 0.6 is 0 Å². The highest BCUT2D eigenvalue weighted by Crippen LogP contribution is 2.43. The Labute approximate surface area is 175 Å². The van der Waals surface area contributed by atoms with Crippen LogP contribution in [-0.4, -0.2) is 9.13 Å². The molecule has 1 aliphatic rings. The summed E-state index contributed by atoms with van der Waals surface area (Å²) in [6.07, 6.45) is 9.34. The Balaban J connectivity index is 2.04. The van der Waals surface area contributed by atoms with Gasteiger partial charge in [-0.25, -0.2) is 0 Å². The minimum Gasteiger partial charge on any atom is -0.345 e. The van der Waals surface area contributed by atoms with Gasteiger partial charge >= 0.3 is 0 Å². The van der Waals surface area contributed by atoms with Crippen molar-refractivity contribution in [3.63, 3.8) is 0 Å². The van der Waals surface area contributed by atoms with Crippen molar-refractivity contribution in [2.75, 3.05) is 0 Å². The maximum Gasteiger partial charge on any atom is 0.0495 e. The number of nitrogens with zero attached hydrogens (tertiary/aromatic N) is 2. The summed E-state index contributed by atoms with van der Waals surface area (Å²) < 4.78 is 5.05. The molecule has 3 aromatic rings. The minimum absolute atomic E-state index is 1.00. The Bertz CT molecular complexity index is 1100. The molecule has 1 saturated carbocycles. The molecule has 0 N–H and O–H groups in total. The predicted molar refractivity (Wildman–Crippen MR) is 126 cm³/mol. The highest BCUT2D eigenvalue weighted by atomic mass is 15.0. The molecule has 0 bridgehead atoms. The topological polar surface area (TPSA) is 9.86 Å². The molecule has 2 nitrogen and oxygen atoms in total. The Hall–Kier alpha value is -2.48. The third-order valence-corrected chi connectivity index (χ3v) is 6.56. The molecule has 0 unspecified atom stereocenters. The molecule has 0 saturated heterocycles. The molecule has 0 atom stereocenters. The van der Waals surface area contributed by atoms with E-state index in [4.69, 9.17) is 0 Å². The van der Waals surface area contributed by atoms with Crippen LogP contribution in [0.2, 0.25) is 0 Å². The number of hydrogen-bond donors (Lipinski definition) is 0. The molecule has 0 aliphatic heterocycles. The van der Waals surface area contributed by atoms with E-state index in [0.717, 1.165) is 19.5 Å². The van der Waals surface area contributed by atoms with Gasteiger partial charge in [0, 0.05) is 52.2 Å². The summed E-state index contributed by atoms with van der Waals surface area (Å²) in [6.45, 7) is 13.3. The van der Waals surface area contributed by atoms with Crippen molar-refractivity contribution in [3.05, 3.63) is 70.2 Å². The van der Waals surface area contributed by atoms with Crippen molar-refractivity contribution in [2.24, 2.45) is 0 Å². The molecule has 0 amide bonds. The summed E-state index contributed by atoms with van der Waals surface area (Å²) >= 11 is 0. The lowest BCUT2D eigenvalue weighted by Gasteiger charge is -2.24. The van der Waals surface area contributed by atoms with Gasteiger partial charge in [0.25, 0.3) is 0 Å². The van der Waals surface area contributed by atoms with Crippen molar-refractivity contribution in [1.82, 2.24) is 9.13 Å². The maximum absolute atomic E-state index is 2.53. The van der Waals surface area contributed by atoms with E-state index in [-0.39, 0.29) is 0 Å². The van der Waals surface area contributed by atoms with E-state index in [1.165, 1.54) is 63.9 Å². The zero-order chi connectivity index (χ0) is 20.5. The van der Waals surface area contributed by atoms with Gasteiger partial charge in [-0.05, 0) is 71.1 Å². The first-order valence-corrected chi connectivity index (χ1v) is 11.3. The molecule has 1 fully saturated rings. The second kappa shape index (κ2) is 8.10. The molecular formula is C27H34N2. The molecule has 1 aromatic carbocycles. The van der Waals surface area contributed by atoms with Crippen LogP contribution in [0.5, 0.6) is 0 Å². The number of fused-ring (bicyclic) bond motifs is 1. The van der Waals surface area contributed by atoms with Gasteiger partial charge in [-0.2, -0.15) is 0 Å². The average Bonchev–Trinajstić information content (AvgIpc) is 3.14. The van der Waals surface area contributed by atoms with Crippen LogP contribution in [0.25, 0.3) is 22.6 Å². The Morgan fingerprint density at radius 3 is 2.41 bits per heavy atom. The van der Waals surface area contributed by atoms with Gasteiger partial charge in [-0.15, -0.1) is 0 Å². The molecule has 4 rings (SSSR count). The third-order valence-electron chi connectivity index (χ3n) is 6.56. The van der Waals surface area contributed by atoms with Crippen LogP contribution in [-0.2, 0) is 13.1 Å². The van der Waals surface area contributed by atoms with E-state index in [2.05, 4.69) is 86.2 Å². The lowest BCUT2D eigenvalue weighted by atomic mass is 9.83. The minimum atomic E-state index is 1.00. The predicted octanol–water partition coefficient (Wildman–Crippen LogP) is 7.51. The molecule has 2 heterocycles. The van der Waals surface area contributed by atoms with E-state index >= 15 is 0 Å². The lowest BCUT2D eigenvalue weighted by Crippen LogP contribution is -2.09. The van der Waals surface area contributed by atoms with Gasteiger partial charge in [0.2, 0.25) is 0 Å². The third kappa shape index (κ3) is 3.19. The SMILES string of the molecule is C/C=C\c1cc(C(=C2CCC2)c2c(C)n(CCC)c3ccccc23)n(CC)c1C. The summed E-state index contributed by atoms with van der Waals surface area (Å²) in [5, 5.41) is 1.40. The number of aromatic nitrogens is 2. The molecule has 2 heteroatoms. The van der Waals surface area contributed by atoms with Crippen LogP contribution in [0.15, 0.2) is 42.0 Å². The quantitative estimate of drug-likeness (QED) is 0.415. The number of aryl methyl sites for hydroxylation is 1. The van der Waals surface area contributed by atoms with E-state index in [0.29, 0.717) is 0 Å². The number of hydrogen-bond acceptors (Lipinski definition) is 0. The Kier molecular flexibility index (Phi) is 5.54. The number of allylic oxidation sites excluding steroid dienone is 2. The summed E-state index contributed by atoms with van der Waals surface area (Å²) in [6, 6.07) is 11.4. The summed E-state index contributed by atoms with van der Waals surface area (Å²) in [4.78, 5) is 0. The molecule has 1 aliphatic carbocycles. The summed E-state index contributed by atoms with van der Waals surface area (Å²) in [5.41, 5.74) is 11.5. The molecule has 152 valence electrons. The van der Waals surface area contributed by atoms with Gasteiger partial charge in [0.1, 0.15) is 0 Å². The second-order valence-corrected chi connectivity index (χ2v) is 8.28. The monoisotopic (exact) mass is 386 g/mol. The molecule has 2 aromatic heterocycles. The molecule has 29 heavy (non-hydrogen) atoms. The first-order valence-electron chi connectivity index (χ1n) is 11.3. The van der Waals surface area contributed by atoms with Gasteiger partial charge < -0.3 is 9.13 Å². The maximum atomic E-state index is 2.53. The van der Waals surface area contributed by atoms with Crippen molar-refractivity contribution in [2.45, 2.75) is 73.4 Å². The van der Waals surface area contributed by atoms with E-state index in [1.807, 2.05) is 0 Å². The number of rotatable bonds is 6. The van der Waals surface area contributed by atoms with Gasteiger partial charge in [0.05, 0.1) is 0 Å². The first-order chi connectivity index (χ1) is 14.1. The van der Waals surface area contributed by atoms with Gasteiger partial charge in [0.15, 0.2) is 0 Å². The fourth-order valence-electron chi connectivity index (χ4n) is 4.98. The Morgan fingerprint density at radius 2 is 1.79 bits per heavy atom. The van der Waals surface area contributed by atoms with Crippen LogP contribution in [0.3, 0.4) is 0 Å². The number of benzene rings is 1. The van der Waals surface area contributed by atoms with Crippen molar-refractivity contribution in [1.29, 1.82) is 0 Å². The van der Waals surface area contributed by atoms with Gasteiger partial charge in [-0.3, -0.25) is 0 Å². The molecular weight excluding hydrogens is 352 g/mol. The van der Waals surface area contributed by atoms with E-state index < -0.39 is 0 Å². The first kappa shape index (κ1) is 19.8. The zero-order valence-corrected chi connectivity index (χ0v) is 18.7. The highest BCUT2D eigenvalue weighted by Gasteiger charge is 2.26. The molecule has 0 spiro atoms. The van der Waals surface area contributed by atoms with Crippen LogP contribution in [0, 0.1) is 13.8 Å². The summed E-state index contributed by atoms with van der Waals surface area (Å²) in [7, 11) is 0. The second-order valence-electron chi connectivity index (χ2n) is 8.28. The lowest BCUT2D eigenvalue weighted by molar-refractivity contribution is 0.660. The zero-order valence-electron chi connectivity index (χ0n) is 18.7. The Morgan fingerprint density at radius 1 is 1.03 bits per heavy atom. The van der Waals surface area contributed by atoms with Crippen molar-refractivity contribution in [3.8, 4) is 0 Å². The van der Waals surface area contributed by atoms with Crippen LogP contribution in [0.4, 0.5) is 0 Å². The average molecular weight is 387 g/mol. The molecule has 0 radical (unpaired) electrons. The smallest absolute Gasteiger partial charge is 0.0495 e. The van der Waals surface area contributed by atoms with E-state index in [1.54, 1.807) is 5.57 Å². The standard InChI is InChI=1S/C27H34N2/c1-6-12-22-18-25(28(8-3)19(22)4)27(21-13-11-14-21)26-20(5)29(17-7-2)24-16-10-9-15-23(24)26/h6,9-10,12,15-16,18H,7-8,11,13-14,17H2,1-5H3/b12-6-. The van der Waals surface area contributed by atoms with Gasteiger partial charge in [-0.1, -0.05) is 42.8 Å². The van der Waals surface area contributed by atoms with Crippen LogP contribution in [0.1, 0.15) is 74.7 Å². The normalized spacial score (nSPS) is 14.2. The van der Waals surface area contributed by atoms with Crippen LogP contribution < -0.4 is 0 Å². The van der Waals surface area contributed by atoms with Crippen molar-refractivity contribution >= 4 is 22.6 Å². The number of para-hydroxylation sites is 1. The fourth-order valence-corrected chi connectivity index (χ4v) is 4.98. The highest BCUT2D eigenvalue weighted by molar-refractivity contribution is 6.00. The largest absolute Gasteiger partial charge is 0.345 e.